The van der Waals surface area contributed by atoms with E-state index in [4.69, 9.17) is 18.9 Å². The third-order valence-corrected chi connectivity index (χ3v) is 3.28. The number of hydrogen-bond acceptors (Lipinski definition) is 5. The SMILES string of the molecule is CNC(CC1OCCO1)c1ccc(OC)cc1OC. The highest BCUT2D eigenvalue weighted by Gasteiger charge is 2.23. The molecule has 1 N–H and O–H groups in total. The molecule has 19 heavy (non-hydrogen) atoms. The van der Waals surface area contributed by atoms with Gasteiger partial charge >= 0.3 is 0 Å². The van der Waals surface area contributed by atoms with E-state index in [2.05, 4.69) is 5.32 Å². The molecule has 1 aromatic carbocycles. The molecule has 1 unspecified atom stereocenters. The summed E-state index contributed by atoms with van der Waals surface area (Å²) in [5.74, 6) is 1.58. The molecule has 1 aromatic rings. The highest BCUT2D eigenvalue weighted by atomic mass is 16.7. The monoisotopic (exact) mass is 267 g/mol. The normalized spacial score (nSPS) is 17.4. The summed E-state index contributed by atoms with van der Waals surface area (Å²) in [7, 11) is 5.22. The Balaban J connectivity index is 2.16. The standard InChI is InChI=1S/C14H21NO4/c1-15-12(9-14-18-6-7-19-14)11-5-4-10(16-2)8-13(11)17-3/h4-5,8,12,14-15H,6-7,9H2,1-3H3. The Morgan fingerprint density at radius 1 is 1.26 bits per heavy atom. The molecule has 0 saturated carbocycles. The van der Waals surface area contributed by atoms with E-state index in [1.165, 1.54) is 0 Å². The van der Waals surface area contributed by atoms with Crippen molar-refractivity contribution >= 4 is 0 Å². The van der Waals surface area contributed by atoms with Crippen LogP contribution in [0.15, 0.2) is 18.2 Å². The van der Waals surface area contributed by atoms with Gasteiger partial charge < -0.3 is 24.3 Å². The summed E-state index contributed by atoms with van der Waals surface area (Å²) in [6.07, 6.45) is 0.600. The van der Waals surface area contributed by atoms with Gasteiger partial charge in [-0.05, 0) is 13.1 Å². The highest BCUT2D eigenvalue weighted by molar-refractivity contribution is 5.42. The van der Waals surface area contributed by atoms with Gasteiger partial charge in [-0.3, -0.25) is 0 Å². The highest BCUT2D eigenvalue weighted by Crippen LogP contribution is 2.32. The van der Waals surface area contributed by atoms with Crippen molar-refractivity contribution in [3.63, 3.8) is 0 Å². The zero-order chi connectivity index (χ0) is 13.7. The van der Waals surface area contributed by atoms with Gasteiger partial charge in [0.1, 0.15) is 11.5 Å². The summed E-state index contributed by atoms with van der Waals surface area (Å²) >= 11 is 0. The smallest absolute Gasteiger partial charge is 0.159 e. The number of ether oxygens (including phenoxy) is 4. The van der Waals surface area contributed by atoms with Gasteiger partial charge in [0.25, 0.3) is 0 Å². The van der Waals surface area contributed by atoms with Crippen LogP contribution in [0.4, 0.5) is 0 Å². The van der Waals surface area contributed by atoms with Crippen molar-refractivity contribution in [2.45, 2.75) is 18.8 Å². The summed E-state index contributed by atoms with van der Waals surface area (Å²) in [4.78, 5) is 0. The second kappa shape index (κ2) is 6.75. The van der Waals surface area contributed by atoms with E-state index in [1.807, 2.05) is 25.2 Å². The molecule has 5 heteroatoms. The molecule has 0 aliphatic carbocycles. The van der Waals surface area contributed by atoms with Crippen molar-refractivity contribution in [3.05, 3.63) is 23.8 Å². The van der Waals surface area contributed by atoms with Crippen LogP contribution < -0.4 is 14.8 Å². The van der Waals surface area contributed by atoms with Crippen LogP contribution in [-0.2, 0) is 9.47 Å². The predicted octanol–water partition coefficient (Wildman–Crippen LogP) is 1.73. The summed E-state index contributed by atoms with van der Waals surface area (Å²) in [6.45, 7) is 1.34. The van der Waals surface area contributed by atoms with Crippen LogP contribution in [0.25, 0.3) is 0 Å². The molecule has 1 fully saturated rings. The number of benzene rings is 1. The molecule has 0 radical (unpaired) electrons. The third-order valence-electron chi connectivity index (χ3n) is 3.28. The Morgan fingerprint density at radius 2 is 2.00 bits per heavy atom. The lowest BCUT2D eigenvalue weighted by atomic mass is 10.0. The second-order valence-electron chi connectivity index (χ2n) is 4.36. The fourth-order valence-electron chi connectivity index (χ4n) is 2.24. The van der Waals surface area contributed by atoms with E-state index < -0.39 is 0 Å². The van der Waals surface area contributed by atoms with E-state index in [0.717, 1.165) is 23.5 Å². The van der Waals surface area contributed by atoms with Gasteiger partial charge in [0, 0.05) is 24.1 Å². The number of hydrogen-bond donors (Lipinski definition) is 1. The summed E-state index contributed by atoms with van der Waals surface area (Å²) in [5.41, 5.74) is 1.07. The van der Waals surface area contributed by atoms with Crippen molar-refractivity contribution in [1.82, 2.24) is 5.32 Å². The molecule has 1 saturated heterocycles. The fraction of sp³-hybridized carbons (Fsp3) is 0.571. The lowest BCUT2D eigenvalue weighted by Crippen LogP contribution is -2.23. The van der Waals surface area contributed by atoms with Gasteiger partial charge in [0.2, 0.25) is 0 Å². The number of methoxy groups -OCH3 is 2. The van der Waals surface area contributed by atoms with E-state index in [-0.39, 0.29) is 12.3 Å². The van der Waals surface area contributed by atoms with E-state index in [9.17, 15) is 0 Å². The van der Waals surface area contributed by atoms with Crippen LogP contribution in [0.1, 0.15) is 18.0 Å². The maximum Gasteiger partial charge on any atom is 0.159 e. The van der Waals surface area contributed by atoms with Gasteiger partial charge in [-0.15, -0.1) is 0 Å². The van der Waals surface area contributed by atoms with Crippen LogP contribution in [0.3, 0.4) is 0 Å². The zero-order valence-corrected chi connectivity index (χ0v) is 11.6. The number of nitrogens with one attached hydrogen (secondary N) is 1. The van der Waals surface area contributed by atoms with Crippen LogP contribution in [0.2, 0.25) is 0 Å². The lowest BCUT2D eigenvalue weighted by Gasteiger charge is -2.22. The molecule has 1 aliphatic heterocycles. The first kappa shape index (κ1) is 14.1. The molecular formula is C14H21NO4. The first-order valence-electron chi connectivity index (χ1n) is 6.41. The molecule has 106 valence electrons. The molecule has 0 aromatic heterocycles. The van der Waals surface area contributed by atoms with Gasteiger partial charge in [-0.1, -0.05) is 6.07 Å². The van der Waals surface area contributed by atoms with Crippen molar-refractivity contribution in [3.8, 4) is 11.5 Å². The molecule has 5 nitrogen and oxygen atoms in total. The Hall–Kier alpha value is -1.30. The molecule has 2 rings (SSSR count). The fourth-order valence-corrected chi connectivity index (χ4v) is 2.24. The summed E-state index contributed by atoms with van der Waals surface area (Å²) in [6, 6.07) is 5.94. The van der Waals surface area contributed by atoms with Crippen molar-refractivity contribution in [2.75, 3.05) is 34.5 Å². The maximum absolute atomic E-state index is 5.50. The second-order valence-corrected chi connectivity index (χ2v) is 4.36. The molecule has 1 heterocycles. The van der Waals surface area contributed by atoms with Gasteiger partial charge in [-0.2, -0.15) is 0 Å². The Labute approximate surface area is 113 Å². The Morgan fingerprint density at radius 3 is 2.58 bits per heavy atom. The molecule has 0 amide bonds. The first-order valence-corrected chi connectivity index (χ1v) is 6.41. The number of rotatable bonds is 6. The minimum absolute atomic E-state index is 0.115. The summed E-state index contributed by atoms with van der Waals surface area (Å²) in [5, 5.41) is 3.28. The van der Waals surface area contributed by atoms with Crippen LogP contribution in [0, 0.1) is 0 Å². The van der Waals surface area contributed by atoms with Gasteiger partial charge in [0.05, 0.1) is 27.4 Å². The van der Waals surface area contributed by atoms with E-state index in [1.54, 1.807) is 14.2 Å². The van der Waals surface area contributed by atoms with Crippen LogP contribution in [0.5, 0.6) is 11.5 Å². The third kappa shape index (κ3) is 3.37. The van der Waals surface area contributed by atoms with Crippen molar-refractivity contribution < 1.29 is 18.9 Å². The molecule has 1 aliphatic rings. The van der Waals surface area contributed by atoms with Crippen molar-refractivity contribution in [1.29, 1.82) is 0 Å². The molecule has 1 atom stereocenters. The Bertz CT molecular complexity index is 404. The average molecular weight is 267 g/mol. The average Bonchev–Trinajstić information content (AvgIpc) is 2.97. The largest absolute Gasteiger partial charge is 0.497 e. The molecular weight excluding hydrogens is 246 g/mol. The van der Waals surface area contributed by atoms with Gasteiger partial charge in [0.15, 0.2) is 6.29 Å². The Kier molecular flexibility index (Phi) is 5.01. The topological polar surface area (TPSA) is 49.0 Å². The van der Waals surface area contributed by atoms with Crippen LogP contribution in [-0.4, -0.2) is 40.8 Å². The lowest BCUT2D eigenvalue weighted by molar-refractivity contribution is -0.0527. The minimum atomic E-state index is -0.149. The van der Waals surface area contributed by atoms with Crippen molar-refractivity contribution in [2.24, 2.45) is 0 Å². The van der Waals surface area contributed by atoms with E-state index >= 15 is 0 Å². The summed E-state index contributed by atoms with van der Waals surface area (Å²) < 4.78 is 21.6. The first-order chi connectivity index (χ1) is 9.28. The van der Waals surface area contributed by atoms with E-state index in [0.29, 0.717) is 13.2 Å². The predicted molar refractivity (Wildman–Crippen MR) is 71.7 cm³/mol. The van der Waals surface area contributed by atoms with Gasteiger partial charge in [-0.25, -0.2) is 0 Å². The zero-order valence-electron chi connectivity index (χ0n) is 11.6. The minimum Gasteiger partial charge on any atom is -0.497 e. The molecule has 0 bridgehead atoms. The van der Waals surface area contributed by atoms with Crippen LogP contribution >= 0.6 is 0 Å². The quantitative estimate of drug-likeness (QED) is 0.850. The molecule has 0 spiro atoms. The maximum atomic E-state index is 5.50.